The zero-order chi connectivity index (χ0) is 13.2. The first kappa shape index (κ1) is 13.6. The fraction of sp³-hybridized carbons (Fsp3) is 0.333. The van der Waals surface area contributed by atoms with E-state index in [0.717, 1.165) is 0 Å². The molecular formula is C9H4ClF5N2. The van der Waals surface area contributed by atoms with E-state index in [0.29, 0.717) is 6.20 Å². The van der Waals surface area contributed by atoms with Crippen LogP contribution in [0.1, 0.15) is 28.8 Å². The second-order valence-corrected chi connectivity index (χ2v) is 3.22. The quantitative estimate of drug-likeness (QED) is 0.607. The molecular weight excluding hydrogens is 267 g/mol. The predicted octanol–water partition coefficient (Wildman–Crippen LogP) is 3.65. The maximum Gasteiger partial charge on any atom is 0.418 e. The number of hydrogen-bond donors (Lipinski definition) is 0. The van der Waals surface area contributed by atoms with Crippen molar-refractivity contribution in [3.63, 3.8) is 0 Å². The standard InChI is InChI=1S/C9H4ClF5N2/c10-1-5-7(9(13,14)15)6(8(11)12)4(2-16)3-17-5/h3,8H,1H2. The molecule has 0 unspecified atom stereocenters. The Bertz CT molecular complexity index is 464. The number of nitrogens with zero attached hydrogens (tertiary/aromatic N) is 2. The highest BCUT2D eigenvalue weighted by atomic mass is 35.5. The van der Waals surface area contributed by atoms with Crippen LogP contribution in [-0.2, 0) is 12.1 Å². The molecule has 0 N–H and O–H groups in total. The summed E-state index contributed by atoms with van der Waals surface area (Å²) in [5.41, 5.74) is -4.51. The second-order valence-electron chi connectivity index (χ2n) is 2.95. The van der Waals surface area contributed by atoms with E-state index in [4.69, 9.17) is 16.9 Å². The summed E-state index contributed by atoms with van der Waals surface area (Å²) in [4.78, 5) is 3.27. The molecule has 0 saturated heterocycles. The Hall–Kier alpha value is -1.42. The molecule has 0 fully saturated rings. The number of rotatable bonds is 2. The van der Waals surface area contributed by atoms with E-state index in [1.165, 1.54) is 6.07 Å². The Morgan fingerprint density at radius 1 is 1.41 bits per heavy atom. The average molecular weight is 271 g/mol. The second kappa shape index (κ2) is 4.84. The van der Waals surface area contributed by atoms with Gasteiger partial charge < -0.3 is 0 Å². The average Bonchev–Trinajstić information content (AvgIpc) is 2.25. The van der Waals surface area contributed by atoms with Crippen LogP contribution in [0.2, 0.25) is 0 Å². The summed E-state index contributed by atoms with van der Waals surface area (Å²) in [6.07, 6.45) is -7.80. The molecule has 0 bridgehead atoms. The van der Waals surface area contributed by atoms with E-state index in [1.54, 1.807) is 0 Å². The molecule has 0 atom stereocenters. The smallest absolute Gasteiger partial charge is 0.258 e. The van der Waals surface area contributed by atoms with Crippen molar-refractivity contribution in [2.24, 2.45) is 0 Å². The Kier molecular flexibility index (Phi) is 3.88. The summed E-state index contributed by atoms with van der Waals surface area (Å²) in [6, 6.07) is 1.26. The van der Waals surface area contributed by atoms with Gasteiger partial charge in [-0.25, -0.2) is 8.78 Å². The van der Waals surface area contributed by atoms with Crippen molar-refractivity contribution in [1.82, 2.24) is 4.98 Å². The molecule has 8 heteroatoms. The molecule has 0 aliphatic heterocycles. The highest BCUT2D eigenvalue weighted by Gasteiger charge is 2.40. The first-order valence-electron chi connectivity index (χ1n) is 4.16. The largest absolute Gasteiger partial charge is 0.418 e. The van der Waals surface area contributed by atoms with E-state index in [1.807, 2.05) is 0 Å². The number of halogens is 6. The van der Waals surface area contributed by atoms with Crippen LogP contribution in [0.4, 0.5) is 22.0 Å². The molecule has 0 amide bonds. The Morgan fingerprint density at radius 3 is 2.35 bits per heavy atom. The van der Waals surface area contributed by atoms with Gasteiger partial charge in [0.15, 0.2) is 0 Å². The van der Waals surface area contributed by atoms with Crippen LogP contribution in [0.5, 0.6) is 0 Å². The van der Waals surface area contributed by atoms with Gasteiger partial charge >= 0.3 is 6.18 Å². The summed E-state index contributed by atoms with van der Waals surface area (Å²) in [5.74, 6) is -0.666. The van der Waals surface area contributed by atoms with Crippen molar-refractivity contribution in [3.05, 3.63) is 28.6 Å². The molecule has 1 heterocycles. The minimum absolute atomic E-state index is 0.661. The van der Waals surface area contributed by atoms with Gasteiger partial charge in [0, 0.05) is 6.20 Å². The molecule has 1 rings (SSSR count). The zero-order valence-electron chi connectivity index (χ0n) is 8.02. The molecule has 1 aromatic heterocycles. The van der Waals surface area contributed by atoms with Crippen LogP contribution in [0.3, 0.4) is 0 Å². The lowest BCUT2D eigenvalue weighted by molar-refractivity contribution is -0.140. The maximum atomic E-state index is 12.6. The van der Waals surface area contributed by atoms with Crippen LogP contribution in [0.25, 0.3) is 0 Å². The first-order valence-corrected chi connectivity index (χ1v) is 4.69. The summed E-state index contributed by atoms with van der Waals surface area (Å²) in [6.45, 7) is 0. The summed E-state index contributed by atoms with van der Waals surface area (Å²) >= 11 is 5.22. The van der Waals surface area contributed by atoms with Gasteiger partial charge in [0.25, 0.3) is 6.43 Å². The topological polar surface area (TPSA) is 36.7 Å². The van der Waals surface area contributed by atoms with Crippen LogP contribution >= 0.6 is 11.6 Å². The Morgan fingerprint density at radius 2 is 2.00 bits per heavy atom. The van der Waals surface area contributed by atoms with Crippen molar-refractivity contribution < 1.29 is 22.0 Å². The van der Waals surface area contributed by atoms with Gasteiger partial charge in [-0.2, -0.15) is 18.4 Å². The van der Waals surface area contributed by atoms with E-state index >= 15 is 0 Å². The summed E-state index contributed by atoms with van der Waals surface area (Å²) < 4.78 is 63.1. The van der Waals surface area contributed by atoms with Gasteiger partial charge in [0.1, 0.15) is 6.07 Å². The van der Waals surface area contributed by atoms with Crippen molar-refractivity contribution in [2.45, 2.75) is 18.5 Å². The molecule has 92 valence electrons. The van der Waals surface area contributed by atoms with Crippen LogP contribution in [-0.4, -0.2) is 4.98 Å². The molecule has 2 nitrogen and oxygen atoms in total. The third-order valence-corrected chi connectivity index (χ3v) is 2.20. The van der Waals surface area contributed by atoms with Gasteiger partial charge in [-0.1, -0.05) is 0 Å². The number of alkyl halides is 6. The van der Waals surface area contributed by atoms with E-state index in [-0.39, 0.29) is 0 Å². The van der Waals surface area contributed by atoms with Gasteiger partial charge in [0.2, 0.25) is 0 Å². The van der Waals surface area contributed by atoms with Gasteiger partial charge in [-0.05, 0) is 0 Å². The van der Waals surface area contributed by atoms with Crippen molar-refractivity contribution in [3.8, 4) is 6.07 Å². The lowest BCUT2D eigenvalue weighted by atomic mass is 10.0. The van der Waals surface area contributed by atoms with Crippen LogP contribution < -0.4 is 0 Å². The fourth-order valence-corrected chi connectivity index (χ4v) is 1.50. The predicted molar refractivity (Wildman–Crippen MR) is 48.5 cm³/mol. The van der Waals surface area contributed by atoms with E-state index in [9.17, 15) is 22.0 Å². The first-order chi connectivity index (χ1) is 7.82. The third kappa shape index (κ3) is 2.64. The molecule has 0 saturated carbocycles. The van der Waals surface area contributed by atoms with Gasteiger partial charge in [-0.3, -0.25) is 4.98 Å². The maximum absolute atomic E-state index is 12.6. The number of pyridine rings is 1. The van der Waals surface area contributed by atoms with Crippen LogP contribution in [0, 0.1) is 11.3 Å². The molecule has 1 aromatic rings. The Balaban J connectivity index is 3.67. The van der Waals surface area contributed by atoms with Crippen molar-refractivity contribution in [1.29, 1.82) is 5.26 Å². The number of hydrogen-bond acceptors (Lipinski definition) is 2. The monoisotopic (exact) mass is 270 g/mol. The summed E-state index contributed by atoms with van der Waals surface area (Å²) in [7, 11) is 0. The van der Waals surface area contributed by atoms with Gasteiger partial charge in [0.05, 0.1) is 28.3 Å². The highest BCUT2D eigenvalue weighted by molar-refractivity contribution is 6.17. The minimum Gasteiger partial charge on any atom is -0.258 e. The zero-order valence-corrected chi connectivity index (χ0v) is 8.78. The number of aromatic nitrogens is 1. The van der Waals surface area contributed by atoms with E-state index in [2.05, 4.69) is 4.98 Å². The van der Waals surface area contributed by atoms with Crippen molar-refractivity contribution in [2.75, 3.05) is 0 Å². The molecule has 0 aliphatic carbocycles. The van der Waals surface area contributed by atoms with Crippen LogP contribution in [0.15, 0.2) is 6.20 Å². The number of nitriles is 1. The molecule has 17 heavy (non-hydrogen) atoms. The normalized spacial score (nSPS) is 11.6. The summed E-state index contributed by atoms with van der Waals surface area (Å²) in [5, 5.41) is 8.50. The molecule has 0 spiro atoms. The van der Waals surface area contributed by atoms with E-state index < -0.39 is 40.9 Å². The minimum atomic E-state index is -5.03. The van der Waals surface area contributed by atoms with Crippen molar-refractivity contribution >= 4 is 11.6 Å². The molecule has 0 radical (unpaired) electrons. The lowest BCUT2D eigenvalue weighted by Gasteiger charge is -2.16. The molecule has 0 aliphatic rings. The highest BCUT2D eigenvalue weighted by Crippen LogP contribution is 2.39. The lowest BCUT2D eigenvalue weighted by Crippen LogP contribution is -2.16. The van der Waals surface area contributed by atoms with Gasteiger partial charge in [-0.15, -0.1) is 11.6 Å². The SMILES string of the molecule is N#Cc1cnc(CCl)c(C(F)(F)F)c1C(F)F. The Labute approximate surface area is 97.6 Å². The molecule has 0 aromatic carbocycles. The third-order valence-electron chi connectivity index (χ3n) is 1.95. The fourth-order valence-electron chi connectivity index (χ4n) is 1.30.